The van der Waals surface area contributed by atoms with Crippen LogP contribution in [0.3, 0.4) is 0 Å². The molecule has 0 spiro atoms. The summed E-state index contributed by atoms with van der Waals surface area (Å²) < 4.78 is 33.1. The summed E-state index contributed by atoms with van der Waals surface area (Å²) >= 11 is 0. The van der Waals surface area contributed by atoms with Crippen LogP contribution in [-0.2, 0) is 10.2 Å². The SMILES string of the molecule is CN(C)C(=O)C12CC[C@@H](c3cc(Oc4c(F)cccc4F)nnc31)C2(C)C. The lowest BCUT2D eigenvalue weighted by Crippen LogP contribution is -2.49. The van der Waals surface area contributed by atoms with Gasteiger partial charge in [0.25, 0.3) is 0 Å². The Balaban J connectivity index is 1.79. The maximum absolute atomic E-state index is 13.9. The Hall–Kier alpha value is -2.57. The Morgan fingerprint density at radius 1 is 1.22 bits per heavy atom. The van der Waals surface area contributed by atoms with Crippen LogP contribution in [0.5, 0.6) is 11.6 Å². The first-order chi connectivity index (χ1) is 12.7. The number of hydrogen-bond acceptors (Lipinski definition) is 4. The van der Waals surface area contributed by atoms with Gasteiger partial charge in [-0.1, -0.05) is 19.9 Å². The van der Waals surface area contributed by atoms with E-state index in [0.29, 0.717) is 12.1 Å². The highest BCUT2D eigenvalue weighted by molar-refractivity contribution is 5.91. The zero-order chi connectivity index (χ0) is 19.6. The molecular weight excluding hydrogens is 352 g/mol. The second-order valence-corrected chi connectivity index (χ2v) is 8.06. The molecule has 0 radical (unpaired) electrons. The third-order valence-electron chi connectivity index (χ3n) is 6.26. The van der Waals surface area contributed by atoms with Crippen molar-refractivity contribution in [1.29, 1.82) is 0 Å². The van der Waals surface area contributed by atoms with Gasteiger partial charge in [0.05, 0.1) is 11.1 Å². The summed E-state index contributed by atoms with van der Waals surface area (Å²) in [7, 11) is 3.48. The van der Waals surface area contributed by atoms with E-state index in [1.165, 1.54) is 6.07 Å². The van der Waals surface area contributed by atoms with E-state index >= 15 is 0 Å². The normalized spacial score (nSPS) is 24.6. The van der Waals surface area contributed by atoms with Crippen LogP contribution in [0.15, 0.2) is 24.3 Å². The molecule has 0 aliphatic heterocycles. The molecule has 2 aliphatic rings. The molecule has 1 fully saturated rings. The average molecular weight is 373 g/mol. The van der Waals surface area contributed by atoms with E-state index in [4.69, 9.17) is 4.74 Å². The van der Waals surface area contributed by atoms with Crippen molar-refractivity contribution in [2.75, 3.05) is 14.1 Å². The number of carbonyl (C=O) groups excluding carboxylic acids is 1. The van der Waals surface area contributed by atoms with Crippen LogP contribution in [0, 0.1) is 17.0 Å². The molecule has 1 heterocycles. The lowest BCUT2D eigenvalue weighted by Gasteiger charge is -2.38. The molecule has 7 heteroatoms. The van der Waals surface area contributed by atoms with Crippen LogP contribution in [0.2, 0.25) is 0 Å². The van der Waals surface area contributed by atoms with E-state index in [1.807, 2.05) is 0 Å². The van der Waals surface area contributed by atoms with Crippen molar-refractivity contribution in [3.05, 3.63) is 47.2 Å². The number of benzene rings is 1. The largest absolute Gasteiger partial charge is 0.431 e. The van der Waals surface area contributed by atoms with Crippen molar-refractivity contribution in [2.24, 2.45) is 5.41 Å². The minimum atomic E-state index is -0.807. The Morgan fingerprint density at radius 2 is 1.89 bits per heavy atom. The maximum atomic E-state index is 13.9. The summed E-state index contributed by atoms with van der Waals surface area (Å²) in [6.07, 6.45) is 1.56. The van der Waals surface area contributed by atoms with Crippen molar-refractivity contribution in [3.8, 4) is 11.6 Å². The van der Waals surface area contributed by atoms with Crippen molar-refractivity contribution in [2.45, 2.75) is 38.0 Å². The second-order valence-electron chi connectivity index (χ2n) is 8.06. The maximum Gasteiger partial charge on any atom is 0.239 e. The number of hydrogen-bond donors (Lipinski definition) is 0. The lowest BCUT2D eigenvalue weighted by molar-refractivity contribution is -0.138. The summed E-state index contributed by atoms with van der Waals surface area (Å²) in [5.41, 5.74) is 0.477. The van der Waals surface area contributed by atoms with Crippen LogP contribution in [0.1, 0.15) is 43.9 Å². The predicted octanol–water partition coefficient (Wildman–Crippen LogP) is 3.79. The first kappa shape index (κ1) is 17.8. The van der Waals surface area contributed by atoms with E-state index in [1.54, 1.807) is 25.1 Å². The van der Waals surface area contributed by atoms with Gasteiger partial charge < -0.3 is 9.64 Å². The Morgan fingerprint density at radius 3 is 2.52 bits per heavy atom. The van der Waals surface area contributed by atoms with Gasteiger partial charge in [-0.2, -0.15) is 5.10 Å². The van der Waals surface area contributed by atoms with E-state index in [-0.39, 0.29) is 23.1 Å². The molecule has 2 aliphatic carbocycles. The summed E-state index contributed by atoms with van der Waals surface area (Å²) in [6.45, 7) is 4.15. The van der Waals surface area contributed by atoms with Gasteiger partial charge in [-0.05, 0) is 41.9 Å². The zero-order valence-electron chi connectivity index (χ0n) is 15.7. The fourth-order valence-corrected chi connectivity index (χ4v) is 4.89. The number of rotatable bonds is 3. The highest BCUT2D eigenvalue weighted by Gasteiger charge is 2.67. The summed E-state index contributed by atoms with van der Waals surface area (Å²) in [6, 6.07) is 5.18. The summed E-state index contributed by atoms with van der Waals surface area (Å²) in [5.74, 6) is -1.98. The van der Waals surface area contributed by atoms with Gasteiger partial charge >= 0.3 is 0 Å². The number of ether oxygens (including phenoxy) is 1. The molecule has 1 unspecified atom stereocenters. The third-order valence-corrected chi connectivity index (χ3v) is 6.26. The number of para-hydroxylation sites is 1. The fraction of sp³-hybridized carbons (Fsp3) is 0.450. The minimum absolute atomic E-state index is 0.0110. The predicted molar refractivity (Wildman–Crippen MR) is 94.6 cm³/mol. The van der Waals surface area contributed by atoms with Crippen LogP contribution < -0.4 is 4.74 Å². The van der Waals surface area contributed by atoms with Gasteiger partial charge in [-0.25, -0.2) is 8.78 Å². The Labute approximate surface area is 156 Å². The number of amides is 1. The molecule has 1 aromatic heterocycles. The quantitative estimate of drug-likeness (QED) is 0.821. The molecule has 5 nitrogen and oxygen atoms in total. The highest BCUT2D eigenvalue weighted by Crippen LogP contribution is 2.67. The van der Waals surface area contributed by atoms with Crippen molar-refractivity contribution < 1.29 is 18.3 Å². The number of nitrogens with zero attached hydrogens (tertiary/aromatic N) is 3. The topological polar surface area (TPSA) is 55.3 Å². The molecule has 1 amide bonds. The molecule has 0 N–H and O–H groups in total. The molecule has 27 heavy (non-hydrogen) atoms. The monoisotopic (exact) mass is 373 g/mol. The standard InChI is InChI=1S/C20H21F2N3O2/c1-19(2)12-8-9-20(19,18(26)25(3)4)17-11(12)10-15(23-24-17)27-16-13(21)6-5-7-14(16)22/h5-7,10,12H,8-9H2,1-4H3/t12-,20?/m0/s1. The first-order valence-corrected chi connectivity index (χ1v) is 8.92. The van der Waals surface area contributed by atoms with Crippen LogP contribution >= 0.6 is 0 Å². The number of carbonyl (C=O) groups is 1. The number of halogens is 2. The third kappa shape index (κ3) is 2.23. The fourth-order valence-electron chi connectivity index (χ4n) is 4.89. The number of fused-ring (bicyclic) bond motifs is 5. The van der Waals surface area contributed by atoms with Gasteiger partial charge in [-0.15, -0.1) is 5.10 Å². The van der Waals surface area contributed by atoms with Crippen LogP contribution in [-0.4, -0.2) is 35.1 Å². The number of aromatic nitrogens is 2. The van der Waals surface area contributed by atoms with E-state index in [9.17, 15) is 13.6 Å². The molecule has 2 atom stereocenters. The number of likely N-dealkylation sites (N-methyl/N-ethyl adjacent to an activating group) is 1. The molecule has 2 aromatic rings. The smallest absolute Gasteiger partial charge is 0.239 e. The van der Waals surface area contributed by atoms with E-state index in [2.05, 4.69) is 24.0 Å². The molecule has 0 saturated heterocycles. The van der Waals surface area contributed by atoms with Crippen molar-refractivity contribution in [3.63, 3.8) is 0 Å². The summed E-state index contributed by atoms with van der Waals surface area (Å²) in [4.78, 5) is 14.7. The first-order valence-electron chi connectivity index (χ1n) is 8.92. The highest BCUT2D eigenvalue weighted by atomic mass is 19.1. The van der Waals surface area contributed by atoms with Crippen LogP contribution in [0.25, 0.3) is 0 Å². The molecule has 2 bridgehead atoms. The van der Waals surface area contributed by atoms with Gasteiger partial charge in [0.2, 0.25) is 17.5 Å². The lowest BCUT2D eigenvalue weighted by atomic mass is 9.67. The van der Waals surface area contributed by atoms with Crippen molar-refractivity contribution >= 4 is 5.91 Å². The molecule has 142 valence electrons. The Kier molecular flexibility index (Phi) is 3.77. The van der Waals surface area contributed by atoms with E-state index in [0.717, 1.165) is 24.1 Å². The molecule has 1 aromatic carbocycles. The average Bonchev–Trinajstić information content (AvgIpc) is 2.99. The zero-order valence-corrected chi connectivity index (χ0v) is 15.7. The van der Waals surface area contributed by atoms with Gasteiger partial charge in [0.1, 0.15) is 0 Å². The summed E-state index contributed by atoms with van der Waals surface area (Å²) in [5, 5.41) is 8.32. The van der Waals surface area contributed by atoms with Crippen LogP contribution in [0.4, 0.5) is 8.78 Å². The van der Waals surface area contributed by atoms with Gasteiger partial charge in [0.15, 0.2) is 11.6 Å². The van der Waals surface area contributed by atoms with E-state index < -0.39 is 22.8 Å². The molecular formula is C20H21F2N3O2. The minimum Gasteiger partial charge on any atom is -0.431 e. The van der Waals surface area contributed by atoms with Gasteiger partial charge in [-0.3, -0.25) is 4.79 Å². The molecule has 4 rings (SSSR count). The second kappa shape index (κ2) is 5.71. The Bertz CT molecular complexity index is 925. The van der Waals surface area contributed by atoms with Gasteiger partial charge in [0, 0.05) is 20.2 Å². The molecule has 1 saturated carbocycles. The van der Waals surface area contributed by atoms with Crippen molar-refractivity contribution in [1.82, 2.24) is 15.1 Å².